The van der Waals surface area contributed by atoms with E-state index in [-0.39, 0.29) is 34.9 Å². The van der Waals surface area contributed by atoms with Gasteiger partial charge in [-0.15, -0.1) is 10.2 Å². The summed E-state index contributed by atoms with van der Waals surface area (Å²) in [7, 11) is 0. The zero-order valence-electron chi connectivity index (χ0n) is 20.5. The van der Waals surface area contributed by atoms with Gasteiger partial charge in [-0.1, -0.05) is 52.3 Å². The van der Waals surface area contributed by atoms with Crippen molar-refractivity contribution in [3.63, 3.8) is 0 Å². The zero-order chi connectivity index (χ0) is 25.5. The first-order valence-electron chi connectivity index (χ1n) is 12.0. The number of halogens is 1. The first-order valence-corrected chi connectivity index (χ1v) is 12.9. The highest BCUT2D eigenvalue weighted by Crippen LogP contribution is 2.26. The maximum absolute atomic E-state index is 13.3. The molecule has 0 unspecified atom stereocenters. The van der Waals surface area contributed by atoms with E-state index in [1.807, 2.05) is 27.7 Å². The molecule has 1 heterocycles. The molecular formula is C25H33FN4O4S. The van der Waals surface area contributed by atoms with Crippen molar-refractivity contribution in [3.8, 4) is 0 Å². The van der Waals surface area contributed by atoms with Crippen molar-refractivity contribution >= 4 is 29.4 Å². The molecule has 2 amide bonds. The Morgan fingerprint density at radius 3 is 2.43 bits per heavy atom. The van der Waals surface area contributed by atoms with Gasteiger partial charge in [-0.05, 0) is 49.4 Å². The molecule has 1 aliphatic carbocycles. The van der Waals surface area contributed by atoms with E-state index in [1.165, 1.54) is 36.0 Å². The summed E-state index contributed by atoms with van der Waals surface area (Å²) in [6.45, 7) is 7.89. The second-order valence-corrected chi connectivity index (χ2v) is 11.1. The van der Waals surface area contributed by atoms with Crippen LogP contribution in [0.3, 0.4) is 0 Å². The van der Waals surface area contributed by atoms with E-state index in [2.05, 4.69) is 20.8 Å². The van der Waals surface area contributed by atoms with E-state index in [9.17, 15) is 18.8 Å². The minimum Gasteiger partial charge on any atom is -0.408 e. The van der Waals surface area contributed by atoms with Crippen LogP contribution in [0.4, 0.5) is 4.39 Å². The molecule has 1 fully saturated rings. The van der Waals surface area contributed by atoms with Gasteiger partial charge in [0.2, 0.25) is 11.7 Å². The van der Waals surface area contributed by atoms with Crippen LogP contribution < -0.4 is 10.6 Å². The topological polar surface area (TPSA) is 114 Å². The van der Waals surface area contributed by atoms with Gasteiger partial charge in [-0.2, -0.15) is 0 Å². The summed E-state index contributed by atoms with van der Waals surface area (Å²) < 4.78 is 18.7. The van der Waals surface area contributed by atoms with E-state index in [1.54, 1.807) is 0 Å². The first kappa shape index (κ1) is 26.8. The fraction of sp³-hybridized carbons (Fsp3) is 0.560. The van der Waals surface area contributed by atoms with Gasteiger partial charge in [-0.3, -0.25) is 14.4 Å². The van der Waals surface area contributed by atoms with Crippen molar-refractivity contribution in [1.82, 2.24) is 20.8 Å². The van der Waals surface area contributed by atoms with Crippen molar-refractivity contribution < 1.29 is 23.2 Å². The first-order chi connectivity index (χ1) is 16.6. The Labute approximate surface area is 209 Å². The molecule has 1 aliphatic rings. The van der Waals surface area contributed by atoms with Crippen LogP contribution in [0.1, 0.15) is 80.8 Å². The summed E-state index contributed by atoms with van der Waals surface area (Å²) in [5.41, 5.74) is 0.329. The third-order valence-electron chi connectivity index (χ3n) is 5.82. The van der Waals surface area contributed by atoms with Crippen molar-refractivity contribution in [1.29, 1.82) is 0 Å². The molecule has 2 aromatic rings. The largest absolute Gasteiger partial charge is 0.408 e. The Bertz CT molecular complexity index is 1020. The van der Waals surface area contributed by atoms with Gasteiger partial charge in [-0.25, -0.2) is 4.39 Å². The molecule has 1 saturated carbocycles. The summed E-state index contributed by atoms with van der Waals surface area (Å²) in [6.07, 6.45) is 3.39. The molecule has 0 aliphatic heterocycles. The molecule has 8 nitrogen and oxygen atoms in total. The van der Waals surface area contributed by atoms with Gasteiger partial charge in [0, 0.05) is 16.9 Å². The van der Waals surface area contributed by atoms with Crippen LogP contribution in [-0.2, 0) is 4.79 Å². The lowest BCUT2D eigenvalue weighted by Crippen LogP contribution is -2.52. The number of thioether (sulfide) groups is 1. The molecule has 0 radical (unpaired) electrons. The lowest BCUT2D eigenvalue weighted by atomic mass is 9.83. The summed E-state index contributed by atoms with van der Waals surface area (Å²) in [4.78, 5) is 39.1. The molecule has 190 valence electrons. The summed E-state index contributed by atoms with van der Waals surface area (Å²) in [5, 5.41) is 14.2. The number of aromatic nitrogens is 2. The Balaban J connectivity index is 1.70. The second kappa shape index (κ2) is 12.3. The average Bonchev–Trinajstić information content (AvgIpc) is 3.26. The van der Waals surface area contributed by atoms with Gasteiger partial charge in [0.1, 0.15) is 5.82 Å². The van der Waals surface area contributed by atoms with Crippen LogP contribution in [0.5, 0.6) is 0 Å². The quantitative estimate of drug-likeness (QED) is 0.364. The molecule has 10 heteroatoms. The highest BCUT2D eigenvalue weighted by Gasteiger charge is 2.35. The molecule has 35 heavy (non-hydrogen) atoms. The molecule has 0 spiro atoms. The van der Waals surface area contributed by atoms with Crippen molar-refractivity contribution in [2.24, 2.45) is 11.8 Å². The normalized spacial score (nSPS) is 18.9. The Morgan fingerprint density at radius 1 is 1.09 bits per heavy atom. The van der Waals surface area contributed by atoms with E-state index in [0.29, 0.717) is 30.0 Å². The SMILES string of the molecule is CC(C)C[C@H](NC(=O)[C@@H]1CCCC[C@@H]1NC(=O)c1ccc(F)cc1)C(=O)c1nnc(SC(C)C)o1. The number of carbonyl (C=O) groups excluding carboxylic acids is 3. The molecule has 2 N–H and O–H groups in total. The number of hydrogen-bond donors (Lipinski definition) is 2. The zero-order valence-corrected chi connectivity index (χ0v) is 21.4. The number of hydrogen-bond acceptors (Lipinski definition) is 7. The predicted octanol–water partition coefficient (Wildman–Crippen LogP) is 4.41. The molecular weight excluding hydrogens is 471 g/mol. The molecule has 1 aromatic carbocycles. The fourth-order valence-electron chi connectivity index (χ4n) is 4.16. The van der Waals surface area contributed by atoms with Gasteiger partial charge in [0.25, 0.3) is 17.0 Å². The Morgan fingerprint density at radius 2 is 1.77 bits per heavy atom. The highest BCUT2D eigenvalue weighted by molar-refractivity contribution is 7.99. The monoisotopic (exact) mass is 504 g/mol. The number of carbonyl (C=O) groups is 3. The van der Waals surface area contributed by atoms with Crippen LogP contribution in [0.25, 0.3) is 0 Å². The number of Topliss-reactive ketones (excluding diaryl/α,β-unsaturated/α-hetero) is 1. The Hall–Kier alpha value is -2.75. The van der Waals surface area contributed by atoms with E-state index in [4.69, 9.17) is 4.42 Å². The maximum Gasteiger partial charge on any atom is 0.286 e. The number of nitrogens with one attached hydrogen (secondary N) is 2. The summed E-state index contributed by atoms with van der Waals surface area (Å²) >= 11 is 1.36. The van der Waals surface area contributed by atoms with Crippen LogP contribution in [0, 0.1) is 17.7 Å². The van der Waals surface area contributed by atoms with Crippen molar-refractivity contribution in [2.75, 3.05) is 0 Å². The predicted molar refractivity (Wildman–Crippen MR) is 131 cm³/mol. The third-order valence-corrected chi connectivity index (χ3v) is 6.66. The lowest BCUT2D eigenvalue weighted by molar-refractivity contribution is -0.127. The number of benzene rings is 1. The van der Waals surface area contributed by atoms with E-state index >= 15 is 0 Å². The molecule has 0 saturated heterocycles. The fourth-order valence-corrected chi connectivity index (χ4v) is 4.78. The maximum atomic E-state index is 13.3. The smallest absolute Gasteiger partial charge is 0.286 e. The van der Waals surface area contributed by atoms with Gasteiger partial charge >= 0.3 is 0 Å². The van der Waals surface area contributed by atoms with E-state index < -0.39 is 23.6 Å². The van der Waals surface area contributed by atoms with Gasteiger partial charge in [0.05, 0.1) is 12.0 Å². The van der Waals surface area contributed by atoms with Crippen molar-refractivity contribution in [3.05, 3.63) is 41.5 Å². The summed E-state index contributed by atoms with van der Waals surface area (Å²) in [6, 6.07) is 4.09. The van der Waals surface area contributed by atoms with E-state index in [0.717, 1.165) is 12.8 Å². The standard InChI is InChI=1S/C25H33FN4O4S/c1-14(2)13-20(21(31)24-29-30-25(34-24)35-15(3)4)28-23(33)18-7-5-6-8-19(18)27-22(32)16-9-11-17(26)12-10-16/h9-12,14-15,18-20H,5-8,13H2,1-4H3,(H,27,32)(H,28,33)/t18-,19+,20+/m1/s1. The molecule has 3 rings (SSSR count). The number of nitrogens with zero attached hydrogens (tertiary/aromatic N) is 2. The average molecular weight is 505 g/mol. The minimum atomic E-state index is -0.810. The van der Waals surface area contributed by atoms with Gasteiger partial charge < -0.3 is 15.1 Å². The van der Waals surface area contributed by atoms with Gasteiger partial charge in [0.15, 0.2) is 0 Å². The number of ketones is 1. The summed E-state index contributed by atoms with van der Waals surface area (Å²) in [5.74, 6) is -1.95. The lowest BCUT2D eigenvalue weighted by Gasteiger charge is -2.32. The molecule has 3 atom stereocenters. The number of rotatable bonds is 10. The molecule has 1 aromatic heterocycles. The van der Waals surface area contributed by atoms with Crippen LogP contribution in [0.15, 0.2) is 33.9 Å². The second-order valence-electron chi connectivity index (χ2n) is 9.57. The molecule has 0 bridgehead atoms. The number of amides is 2. The van der Waals surface area contributed by atoms with Crippen LogP contribution in [-0.4, -0.2) is 45.1 Å². The van der Waals surface area contributed by atoms with Crippen LogP contribution >= 0.6 is 11.8 Å². The minimum absolute atomic E-state index is 0.121. The third kappa shape index (κ3) is 7.62. The van der Waals surface area contributed by atoms with Crippen LogP contribution in [0.2, 0.25) is 0 Å². The highest BCUT2D eigenvalue weighted by atomic mass is 32.2. The Kier molecular flexibility index (Phi) is 9.42. The van der Waals surface area contributed by atoms with Crippen molar-refractivity contribution in [2.45, 2.75) is 82.4 Å².